The fourth-order valence-corrected chi connectivity index (χ4v) is 4.43. The van der Waals surface area contributed by atoms with Crippen molar-refractivity contribution in [3.63, 3.8) is 0 Å². The van der Waals surface area contributed by atoms with Crippen molar-refractivity contribution in [2.24, 2.45) is 0 Å². The van der Waals surface area contributed by atoms with Gasteiger partial charge in [0.1, 0.15) is 0 Å². The molecule has 11 heteroatoms. The van der Waals surface area contributed by atoms with Crippen LogP contribution in [0.1, 0.15) is 0 Å². The van der Waals surface area contributed by atoms with Crippen LogP contribution in [-0.4, -0.2) is 77.9 Å². The third-order valence-electron chi connectivity index (χ3n) is 5.97. The first kappa shape index (κ1) is 25.7. The number of hydrogen-bond acceptors (Lipinski definition) is 8. The van der Waals surface area contributed by atoms with Crippen LogP contribution >= 0.6 is 11.6 Å². The second kappa shape index (κ2) is 11.6. The van der Waals surface area contributed by atoms with E-state index < -0.39 is 0 Å². The van der Waals surface area contributed by atoms with Crippen LogP contribution in [0, 0.1) is 0 Å². The maximum atomic E-state index is 12.4. The van der Waals surface area contributed by atoms with Gasteiger partial charge in [-0.05, 0) is 50.5 Å². The van der Waals surface area contributed by atoms with Gasteiger partial charge in [-0.1, -0.05) is 23.7 Å². The Balaban J connectivity index is 1.43. The summed E-state index contributed by atoms with van der Waals surface area (Å²) in [5, 5.41) is 14.5. The molecule has 0 atom stereocenters. The molecular weight excluding hydrogens is 504 g/mol. The number of carbonyl (C=O) groups excluding carboxylic acids is 1. The van der Waals surface area contributed by atoms with Crippen LogP contribution in [0.25, 0.3) is 22.3 Å². The zero-order valence-electron chi connectivity index (χ0n) is 21.2. The summed E-state index contributed by atoms with van der Waals surface area (Å²) in [6.45, 7) is 3.80. The molecule has 1 fully saturated rings. The summed E-state index contributed by atoms with van der Waals surface area (Å²) in [7, 11) is 3.88. The van der Waals surface area contributed by atoms with Gasteiger partial charge in [-0.25, -0.2) is 4.98 Å². The maximum Gasteiger partial charge on any atom is 0.248 e. The van der Waals surface area contributed by atoms with Crippen molar-refractivity contribution in [1.29, 1.82) is 0 Å². The molecule has 3 heterocycles. The molecule has 3 N–H and O–H groups in total. The zero-order valence-corrected chi connectivity index (χ0v) is 22.0. The molecule has 1 aliphatic rings. The van der Waals surface area contributed by atoms with Crippen molar-refractivity contribution in [2.45, 2.75) is 0 Å². The first-order valence-corrected chi connectivity index (χ1v) is 12.7. The number of nitrogens with zero attached hydrogens (tertiary/aromatic N) is 5. The normalized spacial score (nSPS) is 13.9. The Labute approximate surface area is 225 Å². The van der Waals surface area contributed by atoms with E-state index in [1.165, 1.54) is 6.08 Å². The molecule has 5 rings (SSSR count). The highest BCUT2D eigenvalue weighted by Gasteiger charge is 2.15. The lowest BCUT2D eigenvalue weighted by molar-refractivity contribution is -0.111. The molecule has 0 bridgehead atoms. The van der Waals surface area contributed by atoms with Crippen molar-refractivity contribution in [2.75, 3.05) is 62.5 Å². The van der Waals surface area contributed by atoms with E-state index in [1.807, 2.05) is 37.2 Å². The van der Waals surface area contributed by atoms with Crippen LogP contribution in [0.5, 0.6) is 0 Å². The fourth-order valence-electron chi connectivity index (χ4n) is 4.19. The van der Waals surface area contributed by atoms with E-state index in [-0.39, 0.29) is 5.91 Å². The first-order valence-electron chi connectivity index (χ1n) is 12.3. The minimum absolute atomic E-state index is 0.237. The molecule has 10 nitrogen and oxygen atoms in total. The number of aromatic amines is 1. The standard InChI is InChI=1S/C27H29ClN8O2/c1-35(2)8-4-7-24(37)30-21-14-18(13-19(28)15-21)25-23-17-29-34-26(23)33-27(32-25)31-20-5-3-6-22(16-20)36-9-11-38-12-10-36/h3-7,13-17H,8-12H2,1-2H3,(H,30,37)(H2,29,31,32,33,34)/b7-4+. The number of anilines is 4. The van der Waals surface area contributed by atoms with Crippen LogP contribution in [0.3, 0.4) is 0 Å². The Kier molecular flexibility index (Phi) is 7.83. The SMILES string of the molecule is CN(C)C/C=C/C(=O)Nc1cc(Cl)cc(-c2nc(Nc3cccc(N4CCOCC4)c3)nc3[nH]ncc23)c1. The van der Waals surface area contributed by atoms with Gasteiger partial charge in [0.05, 0.1) is 30.5 Å². The number of hydrogen-bond donors (Lipinski definition) is 3. The van der Waals surface area contributed by atoms with Crippen LogP contribution in [0.2, 0.25) is 5.02 Å². The van der Waals surface area contributed by atoms with Crippen LogP contribution in [0.15, 0.2) is 60.8 Å². The van der Waals surface area contributed by atoms with Gasteiger partial charge in [0.15, 0.2) is 5.65 Å². The number of carbonyl (C=O) groups is 1. The Hall–Kier alpha value is -3.99. The summed E-state index contributed by atoms with van der Waals surface area (Å²) in [6, 6.07) is 13.5. The molecule has 0 radical (unpaired) electrons. The van der Waals surface area contributed by atoms with E-state index >= 15 is 0 Å². The van der Waals surface area contributed by atoms with Gasteiger partial charge < -0.3 is 25.2 Å². The predicted octanol–water partition coefficient (Wildman–Crippen LogP) is 4.31. The van der Waals surface area contributed by atoms with E-state index in [0.717, 1.165) is 48.6 Å². The lowest BCUT2D eigenvalue weighted by Crippen LogP contribution is -2.36. The molecule has 4 aromatic rings. The van der Waals surface area contributed by atoms with Gasteiger partial charge in [0, 0.05) is 53.4 Å². The van der Waals surface area contributed by atoms with E-state index in [2.05, 4.69) is 42.8 Å². The van der Waals surface area contributed by atoms with Crippen LogP contribution in [-0.2, 0) is 9.53 Å². The lowest BCUT2D eigenvalue weighted by Gasteiger charge is -2.29. The molecule has 196 valence electrons. The monoisotopic (exact) mass is 532 g/mol. The molecule has 2 aromatic heterocycles. The van der Waals surface area contributed by atoms with E-state index in [9.17, 15) is 4.79 Å². The van der Waals surface area contributed by atoms with Crippen molar-refractivity contribution >= 4 is 51.6 Å². The summed E-state index contributed by atoms with van der Waals surface area (Å²) in [6.07, 6.45) is 4.98. The van der Waals surface area contributed by atoms with Gasteiger partial charge in [-0.3, -0.25) is 9.89 Å². The molecule has 0 aliphatic carbocycles. The van der Waals surface area contributed by atoms with Gasteiger partial charge >= 0.3 is 0 Å². The first-order chi connectivity index (χ1) is 18.4. The molecule has 0 saturated carbocycles. The Morgan fingerprint density at radius 1 is 1.16 bits per heavy atom. The average molecular weight is 533 g/mol. The highest BCUT2D eigenvalue weighted by atomic mass is 35.5. The molecule has 1 aliphatic heterocycles. The summed E-state index contributed by atoms with van der Waals surface area (Å²) in [5.74, 6) is 0.173. The van der Waals surface area contributed by atoms with Gasteiger partial charge in [-0.15, -0.1) is 0 Å². The van der Waals surface area contributed by atoms with Crippen molar-refractivity contribution < 1.29 is 9.53 Å². The number of benzene rings is 2. The van der Waals surface area contributed by atoms with E-state index in [4.69, 9.17) is 21.3 Å². The summed E-state index contributed by atoms with van der Waals surface area (Å²) < 4.78 is 5.47. The number of amides is 1. The minimum Gasteiger partial charge on any atom is -0.378 e. The van der Waals surface area contributed by atoms with Crippen LogP contribution < -0.4 is 15.5 Å². The number of aromatic nitrogens is 4. The van der Waals surface area contributed by atoms with Gasteiger partial charge in [-0.2, -0.15) is 10.1 Å². The van der Waals surface area contributed by atoms with Crippen molar-refractivity contribution in [3.05, 3.63) is 65.8 Å². The summed E-state index contributed by atoms with van der Waals surface area (Å²) >= 11 is 6.44. The second-order valence-electron chi connectivity index (χ2n) is 9.19. The molecule has 1 amide bonds. The highest BCUT2D eigenvalue weighted by molar-refractivity contribution is 6.31. The number of likely N-dealkylation sites (N-methyl/N-ethyl adjacent to an activating group) is 1. The number of morpholine rings is 1. The number of nitrogens with one attached hydrogen (secondary N) is 3. The zero-order chi connectivity index (χ0) is 26.5. The molecule has 1 saturated heterocycles. The van der Waals surface area contributed by atoms with Crippen molar-refractivity contribution in [1.82, 2.24) is 25.1 Å². The quantitative estimate of drug-likeness (QED) is 0.288. The number of ether oxygens (including phenoxy) is 1. The third-order valence-corrected chi connectivity index (χ3v) is 6.19. The Morgan fingerprint density at radius 2 is 2.00 bits per heavy atom. The number of halogens is 1. The maximum absolute atomic E-state index is 12.4. The number of fused-ring (bicyclic) bond motifs is 1. The topological polar surface area (TPSA) is 111 Å². The molecule has 0 unspecified atom stereocenters. The molecule has 38 heavy (non-hydrogen) atoms. The third kappa shape index (κ3) is 6.28. The highest BCUT2D eigenvalue weighted by Crippen LogP contribution is 2.32. The van der Waals surface area contributed by atoms with Gasteiger partial charge in [0.2, 0.25) is 11.9 Å². The van der Waals surface area contributed by atoms with E-state index in [1.54, 1.807) is 24.4 Å². The average Bonchev–Trinajstić information content (AvgIpc) is 3.37. The summed E-state index contributed by atoms with van der Waals surface area (Å²) in [5.41, 5.74) is 4.48. The Morgan fingerprint density at radius 3 is 2.82 bits per heavy atom. The molecular formula is C27H29ClN8O2. The minimum atomic E-state index is -0.237. The molecule has 2 aromatic carbocycles. The van der Waals surface area contributed by atoms with E-state index in [0.29, 0.717) is 34.5 Å². The Bertz CT molecular complexity index is 1460. The number of rotatable bonds is 8. The van der Waals surface area contributed by atoms with Crippen LogP contribution in [0.4, 0.5) is 23.0 Å². The predicted molar refractivity (Wildman–Crippen MR) is 151 cm³/mol. The van der Waals surface area contributed by atoms with Crippen molar-refractivity contribution in [3.8, 4) is 11.3 Å². The largest absolute Gasteiger partial charge is 0.378 e. The molecule has 0 spiro atoms. The summed E-state index contributed by atoms with van der Waals surface area (Å²) in [4.78, 5) is 26.1. The smallest absolute Gasteiger partial charge is 0.248 e. The fraction of sp³-hybridized carbons (Fsp3) is 0.259. The number of H-pyrrole nitrogens is 1. The van der Waals surface area contributed by atoms with Gasteiger partial charge in [0.25, 0.3) is 0 Å². The second-order valence-corrected chi connectivity index (χ2v) is 9.62. The lowest BCUT2D eigenvalue weighted by atomic mass is 10.1.